The van der Waals surface area contributed by atoms with Gasteiger partial charge < -0.3 is 25.2 Å². The second-order valence-electron chi connectivity index (χ2n) is 5.92. The molecule has 0 aliphatic carbocycles. The van der Waals surface area contributed by atoms with Crippen molar-refractivity contribution in [2.75, 3.05) is 20.1 Å². The predicted molar refractivity (Wildman–Crippen MR) is 88.3 cm³/mol. The number of nitrogens with zero attached hydrogens (tertiary/aromatic N) is 2. The zero-order valence-electron chi connectivity index (χ0n) is 14.5. The van der Waals surface area contributed by atoms with Crippen LogP contribution in [0.4, 0.5) is 4.79 Å². The van der Waals surface area contributed by atoms with Crippen LogP contribution in [-0.4, -0.2) is 42.9 Å². The summed E-state index contributed by atoms with van der Waals surface area (Å²) < 4.78 is 10.3. The number of guanidine groups is 1. The largest absolute Gasteiger partial charge is 0.444 e. The van der Waals surface area contributed by atoms with Crippen molar-refractivity contribution < 1.29 is 14.1 Å². The first-order valence-electron chi connectivity index (χ1n) is 7.70. The number of carbonyl (C=O) groups is 1. The third kappa shape index (κ3) is 8.08. The van der Waals surface area contributed by atoms with Crippen molar-refractivity contribution in [1.29, 1.82) is 0 Å². The summed E-state index contributed by atoms with van der Waals surface area (Å²) in [5, 5.41) is 12.8. The quantitative estimate of drug-likeness (QED) is 0.415. The van der Waals surface area contributed by atoms with Gasteiger partial charge in [0, 0.05) is 26.2 Å². The number of ether oxygens (including phenoxy) is 1. The van der Waals surface area contributed by atoms with Gasteiger partial charge in [-0.3, -0.25) is 4.99 Å². The molecular formula is C15H27N5O3. The maximum Gasteiger partial charge on any atom is 0.407 e. The number of rotatable bonds is 6. The Balaban J connectivity index is 2.23. The summed E-state index contributed by atoms with van der Waals surface area (Å²) in [4.78, 5) is 15.6. The Bertz CT molecular complexity index is 519. The van der Waals surface area contributed by atoms with Crippen LogP contribution in [0.3, 0.4) is 0 Å². The Kier molecular flexibility index (Phi) is 7.37. The topological polar surface area (TPSA) is 101 Å². The van der Waals surface area contributed by atoms with E-state index >= 15 is 0 Å². The van der Waals surface area contributed by atoms with Gasteiger partial charge in [-0.2, -0.15) is 0 Å². The number of hydrogen-bond acceptors (Lipinski definition) is 5. The van der Waals surface area contributed by atoms with Gasteiger partial charge in [-0.15, -0.1) is 0 Å². The molecule has 1 amide bonds. The average molecular weight is 325 g/mol. The molecule has 0 aromatic carbocycles. The number of hydrogen-bond donors (Lipinski definition) is 3. The summed E-state index contributed by atoms with van der Waals surface area (Å²) in [5.74, 6) is 1.36. The van der Waals surface area contributed by atoms with Gasteiger partial charge in [0.15, 0.2) is 11.7 Å². The lowest BCUT2D eigenvalue weighted by atomic mass is 10.2. The van der Waals surface area contributed by atoms with E-state index in [1.807, 2.05) is 33.8 Å². The van der Waals surface area contributed by atoms with Crippen molar-refractivity contribution in [3.05, 3.63) is 17.5 Å². The zero-order chi connectivity index (χ0) is 17.3. The van der Waals surface area contributed by atoms with Gasteiger partial charge in [0.1, 0.15) is 5.60 Å². The van der Waals surface area contributed by atoms with E-state index in [2.05, 4.69) is 26.1 Å². The Hall–Kier alpha value is -2.25. The third-order valence-corrected chi connectivity index (χ3v) is 2.71. The standard InChI is InChI=1S/C15H27N5O3/c1-6-11-9-12(23-20-11)10-19-13(16-5)17-7-8-18-14(21)22-15(2,3)4/h9H,6-8,10H2,1-5H3,(H,18,21)(H2,16,17,19). The van der Waals surface area contributed by atoms with E-state index in [0.717, 1.165) is 17.9 Å². The van der Waals surface area contributed by atoms with E-state index in [1.165, 1.54) is 0 Å². The van der Waals surface area contributed by atoms with Crippen molar-refractivity contribution in [3.8, 4) is 0 Å². The Labute approximate surface area is 137 Å². The van der Waals surface area contributed by atoms with E-state index in [4.69, 9.17) is 9.26 Å². The van der Waals surface area contributed by atoms with E-state index in [9.17, 15) is 4.79 Å². The molecular weight excluding hydrogens is 298 g/mol. The summed E-state index contributed by atoms with van der Waals surface area (Å²) in [7, 11) is 1.68. The summed E-state index contributed by atoms with van der Waals surface area (Å²) in [6, 6.07) is 1.91. The van der Waals surface area contributed by atoms with Crippen LogP contribution in [0.25, 0.3) is 0 Å². The molecule has 1 heterocycles. The number of aromatic nitrogens is 1. The van der Waals surface area contributed by atoms with Crippen molar-refractivity contribution in [2.24, 2.45) is 4.99 Å². The molecule has 8 nitrogen and oxygen atoms in total. The average Bonchev–Trinajstić information content (AvgIpc) is 2.92. The lowest BCUT2D eigenvalue weighted by Gasteiger charge is -2.19. The molecule has 0 radical (unpaired) electrons. The van der Waals surface area contributed by atoms with Crippen LogP contribution in [-0.2, 0) is 17.7 Å². The minimum Gasteiger partial charge on any atom is -0.444 e. The summed E-state index contributed by atoms with van der Waals surface area (Å²) >= 11 is 0. The Morgan fingerprint density at radius 3 is 2.57 bits per heavy atom. The smallest absolute Gasteiger partial charge is 0.407 e. The monoisotopic (exact) mass is 325 g/mol. The van der Waals surface area contributed by atoms with Crippen LogP contribution in [0.5, 0.6) is 0 Å². The maximum absolute atomic E-state index is 11.5. The molecule has 130 valence electrons. The van der Waals surface area contributed by atoms with Gasteiger partial charge in [0.2, 0.25) is 0 Å². The van der Waals surface area contributed by atoms with Gasteiger partial charge in [-0.05, 0) is 27.2 Å². The van der Waals surface area contributed by atoms with Crippen LogP contribution in [0.1, 0.15) is 39.1 Å². The van der Waals surface area contributed by atoms with Crippen molar-refractivity contribution in [2.45, 2.75) is 46.3 Å². The molecule has 1 aromatic rings. The first kappa shape index (κ1) is 18.8. The molecule has 0 aliphatic heterocycles. The van der Waals surface area contributed by atoms with Gasteiger partial charge in [0.25, 0.3) is 0 Å². The molecule has 0 unspecified atom stereocenters. The summed E-state index contributed by atoms with van der Waals surface area (Å²) in [6.07, 6.45) is 0.406. The SMILES string of the molecule is CCc1cc(CNC(=NC)NCCNC(=O)OC(C)(C)C)on1. The second kappa shape index (κ2) is 9.02. The molecule has 0 bridgehead atoms. The molecule has 1 aromatic heterocycles. The van der Waals surface area contributed by atoms with E-state index in [-0.39, 0.29) is 0 Å². The van der Waals surface area contributed by atoms with E-state index in [0.29, 0.717) is 25.6 Å². The molecule has 0 saturated carbocycles. The summed E-state index contributed by atoms with van der Waals surface area (Å²) in [5.41, 5.74) is 0.426. The first-order chi connectivity index (χ1) is 10.8. The van der Waals surface area contributed by atoms with Crippen LogP contribution in [0.15, 0.2) is 15.6 Å². The van der Waals surface area contributed by atoms with Gasteiger partial charge >= 0.3 is 6.09 Å². The van der Waals surface area contributed by atoms with Crippen molar-refractivity contribution in [3.63, 3.8) is 0 Å². The molecule has 3 N–H and O–H groups in total. The second-order valence-corrected chi connectivity index (χ2v) is 5.92. The minimum atomic E-state index is -0.497. The number of amides is 1. The molecule has 8 heteroatoms. The Morgan fingerprint density at radius 2 is 2.00 bits per heavy atom. The normalized spacial score (nSPS) is 12.0. The van der Waals surface area contributed by atoms with Crippen LogP contribution < -0.4 is 16.0 Å². The fourth-order valence-corrected chi connectivity index (χ4v) is 1.66. The molecule has 0 saturated heterocycles. The highest BCUT2D eigenvalue weighted by Gasteiger charge is 2.15. The number of aryl methyl sites for hydroxylation is 1. The summed E-state index contributed by atoms with van der Waals surface area (Å²) in [6.45, 7) is 8.94. The zero-order valence-corrected chi connectivity index (χ0v) is 14.5. The highest BCUT2D eigenvalue weighted by Crippen LogP contribution is 2.06. The lowest BCUT2D eigenvalue weighted by molar-refractivity contribution is 0.0529. The van der Waals surface area contributed by atoms with E-state index in [1.54, 1.807) is 7.05 Å². The molecule has 0 fully saturated rings. The number of aliphatic imine (C=N–C) groups is 1. The first-order valence-corrected chi connectivity index (χ1v) is 7.70. The Morgan fingerprint density at radius 1 is 1.30 bits per heavy atom. The van der Waals surface area contributed by atoms with E-state index < -0.39 is 11.7 Å². The van der Waals surface area contributed by atoms with Gasteiger partial charge in [-0.1, -0.05) is 12.1 Å². The predicted octanol–water partition coefficient (Wildman–Crippen LogP) is 1.43. The van der Waals surface area contributed by atoms with Crippen LogP contribution >= 0.6 is 0 Å². The molecule has 1 rings (SSSR count). The fourth-order valence-electron chi connectivity index (χ4n) is 1.66. The number of nitrogens with one attached hydrogen (secondary N) is 3. The van der Waals surface area contributed by atoms with Gasteiger partial charge in [-0.25, -0.2) is 4.79 Å². The number of alkyl carbamates (subject to hydrolysis) is 1. The highest BCUT2D eigenvalue weighted by atomic mass is 16.6. The molecule has 0 aliphatic rings. The van der Waals surface area contributed by atoms with Crippen molar-refractivity contribution in [1.82, 2.24) is 21.1 Å². The minimum absolute atomic E-state index is 0.428. The van der Waals surface area contributed by atoms with Crippen LogP contribution in [0.2, 0.25) is 0 Å². The third-order valence-electron chi connectivity index (χ3n) is 2.71. The van der Waals surface area contributed by atoms with Crippen molar-refractivity contribution >= 4 is 12.1 Å². The fraction of sp³-hybridized carbons (Fsp3) is 0.667. The molecule has 23 heavy (non-hydrogen) atoms. The van der Waals surface area contributed by atoms with Crippen LogP contribution in [0, 0.1) is 0 Å². The number of carbonyl (C=O) groups excluding carboxylic acids is 1. The van der Waals surface area contributed by atoms with Gasteiger partial charge in [0.05, 0.1) is 12.2 Å². The molecule has 0 atom stereocenters. The lowest BCUT2D eigenvalue weighted by Crippen LogP contribution is -2.42. The highest BCUT2D eigenvalue weighted by molar-refractivity contribution is 5.79. The maximum atomic E-state index is 11.5. The molecule has 0 spiro atoms.